The highest BCUT2D eigenvalue weighted by atomic mass is 14.9. The molecule has 0 radical (unpaired) electrons. The molecular weight excluding hydrogens is 569 g/mol. The maximum absolute atomic E-state index is 5.37. The van der Waals surface area contributed by atoms with Crippen molar-refractivity contribution in [3.05, 3.63) is 169 Å². The van der Waals surface area contributed by atoms with Gasteiger partial charge in [-0.05, 0) is 55.4 Å². The molecule has 0 atom stereocenters. The quantitative estimate of drug-likeness (QED) is 0.188. The first-order valence-corrected chi connectivity index (χ1v) is 16.3. The van der Waals surface area contributed by atoms with Gasteiger partial charge in [-0.3, -0.25) is 0 Å². The molecule has 47 heavy (non-hydrogen) atoms. The molecule has 1 aromatic heterocycles. The molecule has 0 bridgehead atoms. The number of nitrogens with zero attached hydrogens (tertiary/aromatic N) is 2. The average Bonchev–Trinajstić information content (AvgIpc) is 3.37. The van der Waals surface area contributed by atoms with Crippen LogP contribution in [0.25, 0.3) is 77.7 Å². The topological polar surface area (TPSA) is 25.8 Å². The van der Waals surface area contributed by atoms with Crippen molar-refractivity contribution in [2.75, 3.05) is 0 Å². The predicted molar refractivity (Wildman–Crippen MR) is 196 cm³/mol. The highest BCUT2D eigenvalue weighted by molar-refractivity contribution is 6.21. The maximum atomic E-state index is 5.37. The fourth-order valence-corrected chi connectivity index (χ4v) is 7.72. The summed E-state index contributed by atoms with van der Waals surface area (Å²) in [6.07, 6.45) is 0. The van der Waals surface area contributed by atoms with Crippen molar-refractivity contribution in [2.24, 2.45) is 0 Å². The minimum absolute atomic E-state index is 0.247. The van der Waals surface area contributed by atoms with E-state index in [4.69, 9.17) is 9.97 Å². The largest absolute Gasteiger partial charge is 0.228 e. The molecule has 2 nitrogen and oxygen atoms in total. The molecule has 222 valence electrons. The first kappa shape index (κ1) is 27.5. The summed E-state index contributed by atoms with van der Waals surface area (Å²) in [4.78, 5) is 10.6. The molecule has 0 fully saturated rings. The van der Waals surface area contributed by atoms with Gasteiger partial charge in [-0.1, -0.05) is 166 Å². The van der Waals surface area contributed by atoms with Crippen LogP contribution in [-0.2, 0) is 5.41 Å². The number of aromatic nitrogens is 2. The number of hydrogen-bond donors (Lipinski definition) is 0. The lowest BCUT2D eigenvalue weighted by Gasteiger charge is -2.24. The smallest absolute Gasteiger partial charge is 0.160 e. The zero-order valence-corrected chi connectivity index (χ0v) is 26.4. The standard InChI is InChI=1S/C45H32N2/c1-45(2)38-27-14-13-26-37(38)43-41(45)42(46-44(47-43)30-18-7-4-8-19-30)32-21-15-20-31(28-32)40-35-24-11-9-22-33(35)39(29-16-5-3-6-17-29)34-23-10-12-25-36(34)40/h3-28H,1-2H3. The molecular formula is C45H32N2. The second kappa shape index (κ2) is 10.6. The van der Waals surface area contributed by atoms with Crippen LogP contribution < -0.4 is 0 Å². The second-order valence-electron chi connectivity index (χ2n) is 12.9. The summed E-state index contributed by atoms with van der Waals surface area (Å²) in [5.74, 6) is 0.750. The van der Waals surface area contributed by atoms with Gasteiger partial charge in [0.1, 0.15) is 0 Å². The Hall–Kier alpha value is -5.86. The van der Waals surface area contributed by atoms with Crippen LogP contribution in [0.5, 0.6) is 0 Å². The molecule has 0 amide bonds. The summed E-state index contributed by atoms with van der Waals surface area (Å²) in [6.45, 7) is 4.61. The fourth-order valence-electron chi connectivity index (χ4n) is 7.72. The van der Waals surface area contributed by atoms with E-state index < -0.39 is 0 Å². The SMILES string of the molecule is CC1(C)c2ccccc2-c2nc(-c3ccccc3)nc(-c3cccc(-c4c5ccccc5c(-c5ccccc5)c5ccccc45)c3)c21. The van der Waals surface area contributed by atoms with Crippen LogP contribution in [0.15, 0.2) is 158 Å². The third-order valence-corrected chi connectivity index (χ3v) is 9.84. The van der Waals surface area contributed by atoms with Crippen molar-refractivity contribution in [3.8, 4) is 56.2 Å². The molecule has 7 aromatic carbocycles. The Bertz CT molecular complexity index is 2420. The van der Waals surface area contributed by atoms with Gasteiger partial charge in [0.2, 0.25) is 0 Å². The van der Waals surface area contributed by atoms with Crippen molar-refractivity contribution in [3.63, 3.8) is 0 Å². The highest BCUT2D eigenvalue weighted by Gasteiger charge is 2.40. The second-order valence-corrected chi connectivity index (χ2v) is 12.9. The van der Waals surface area contributed by atoms with E-state index >= 15 is 0 Å². The third-order valence-electron chi connectivity index (χ3n) is 9.84. The van der Waals surface area contributed by atoms with Gasteiger partial charge in [-0.15, -0.1) is 0 Å². The third kappa shape index (κ3) is 4.26. The van der Waals surface area contributed by atoms with Crippen molar-refractivity contribution < 1.29 is 0 Å². The summed E-state index contributed by atoms with van der Waals surface area (Å²) in [5, 5.41) is 4.99. The molecule has 0 unspecified atom stereocenters. The van der Waals surface area contributed by atoms with Crippen LogP contribution in [0.1, 0.15) is 25.0 Å². The molecule has 0 saturated carbocycles. The van der Waals surface area contributed by atoms with Gasteiger partial charge in [0.25, 0.3) is 0 Å². The molecule has 0 aliphatic heterocycles. The Morgan fingerprint density at radius 3 is 1.51 bits per heavy atom. The van der Waals surface area contributed by atoms with Gasteiger partial charge in [0.05, 0.1) is 11.4 Å². The first-order chi connectivity index (χ1) is 23.1. The van der Waals surface area contributed by atoms with E-state index in [-0.39, 0.29) is 5.41 Å². The van der Waals surface area contributed by atoms with Crippen molar-refractivity contribution >= 4 is 21.5 Å². The van der Waals surface area contributed by atoms with Crippen molar-refractivity contribution in [2.45, 2.75) is 19.3 Å². The number of benzene rings is 7. The van der Waals surface area contributed by atoms with Gasteiger partial charge in [0.15, 0.2) is 5.82 Å². The number of fused-ring (bicyclic) bond motifs is 5. The maximum Gasteiger partial charge on any atom is 0.160 e. The monoisotopic (exact) mass is 600 g/mol. The van der Waals surface area contributed by atoms with E-state index in [0.29, 0.717) is 0 Å². The Morgan fingerprint density at radius 2 is 0.872 bits per heavy atom. The van der Waals surface area contributed by atoms with E-state index in [0.717, 1.165) is 28.3 Å². The van der Waals surface area contributed by atoms with Crippen LogP contribution in [0.4, 0.5) is 0 Å². The molecule has 8 aromatic rings. The molecule has 1 aliphatic carbocycles. The minimum atomic E-state index is -0.247. The molecule has 9 rings (SSSR count). The fraction of sp³-hybridized carbons (Fsp3) is 0.0667. The van der Waals surface area contributed by atoms with Crippen LogP contribution in [-0.4, -0.2) is 9.97 Å². The van der Waals surface area contributed by atoms with Crippen LogP contribution in [0, 0.1) is 0 Å². The molecule has 2 heteroatoms. The van der Waals surface area contributed by atoms with Crippen molar-refractivity contribution in [1.82, 2.24) is 9.97 Å². The summed E-state index contributed by atoms with van der Waals surface area (Å²) in [5.41, 5.74) is 12.5. The summed E-state index contributed by atoms with van der Waals surface area (Å²) >= 11 is 0. The molecule has 1 heterocycles. The summed E-state index contributed by atoms with van der Waals surface area (Å²) in [7, 11) is 0. The number of hydrogen-bond acceptors (Lipinski definition) is 2. The van der Waals surface area contributed by atoms with Gasteiger partial charge < -0.3 is 0 Å². The van der Waals surface area contributed by atoms with Gasteiger partial charge in [0, 0.05) is 27.7 Å². The van der Waals surface area contributed by atoms with Gasteiger partial charge in [-0.2, -0.15) is 0 Å². The first-order valence-electron chi connectivity index (χ1n) is 16.3. The molecule has 0 saturated heterocycles. The van der Waals surface area contributed by atoms with E-state index in [1.807, 2.05) is 6.07 Å². The normalized spacial score (nSPS) is 13.1. The van der Waals surface area contributed by atoms with Crippen molar-refractivity contribution in [1.29, 1.82) is 0 Å². The van der Waals surface area contributed by atoms with Crippen LogP contribution in [0.3, 0.4) is 0 Å². The Kier molecular flexibility index (Phi) is 6.20. The molecule has 0 spiro atoms. The molecule has 1 aliphatic rings. The number of rotatable bonds is 4. The van der Waals surface area contributed by atoms with Gasteiger partial charge in [-0.25, -0.2) is 9.97 Å². The van der Waals surface area contributed by atoms with E-state index in [9.17, 15) is 0 Å². The zero-order valence-electron chi connectivity index (χ0n) is 26.4. The van der Waals surface area contributed by atoms with E-state index in [1.54, 1.807) is 0 Å². The molecule has 0 N–H and O–H groups in total. The summed E-state index contributed by atoms with van der Waals surface area (Å²) < 4.78 is 0. The summed E-state index contributed by atoms with van der Waals surface area (Å²) in [6, 6.07) is 56.5. The van der Waals surface area contributed by atoms with Crippen LogP contribution >= 0.6 is 0 Å². The highest BCUT2D eigenvalue weighted by Crippen LogP contribution is 2.52. The Morgan fingerprint density at radius 1 is 0.404 bits per heavy atom. The average molecular weight is 601 g/mol. The Balaban J connectivity index is 1.33. The van der Waals surface area contributed by atoms with Crippen LogP contribution in [0.2, 0.25) is 0 Å². The zero-order chi connectivity index (χ0) is 31.5. The van der Waals surface area contributed by atoms with Gasteiger partial charge >= 0.3 is 0 Å². The lowest BCUT2D eigenvalue weighted by atomic mass is 9.80. The van der Waals surface area contributed by atoms with E-state index in [2.05, 4.69) is 166 Å². The minimum Gasteiger partial charge on any atom is -0.228 e. The predicted octanol–water partition coefficient (Wildman–Crippen LogP) is 11.8. The lowest BCUT2D eigenvalue weighted by Crippen LogP contribution is -2.17. The lowest BCUT2D eigenvalue weighted by molar-refractivity contribution is 0.658. The Labute approximate surface area is 275 Å². The van der Waals surface area contributed by atoms with E-state index in [1.165, 1.54) is 60.5 Å².